The summed E-state index contributed by atoms with van der Waals surface area (Å²) in [6.07, 6.45) is 3.23. The minimum atomic E-state index is -0.0539. The Morgan fingerprint density at radius 2 is 2.16 bits per heavy atom. The number of nitrogens with zero attached hydrogens (tertiary/aromatic N) is 8. The predicted octanol–water partition coefficient (Wildman–Crippen LogP) is 0.215. The summed E-state index contributed by atoms with van der Waals surface area (Å²) >= 11 is 0. The molecule has 0 N–H and O–H groups in total. The number of amides is 1. The Morgan fingerprint density at radius 1 is 1.32 bits per heavy atom. The van der Waals surface area contributed by atoms with Crippen LogP contribution in [0.25, 0.3) is 5.52 Å². The molecule has 0 fully saturated rings. The second-order valence-electron chi connectivity index (χ2n) is 6.58. The van der Waals surface area contributed by atoms with Gasteiger partial charge in [0.2, 0.25) is 0 Å². The summed E-state index contributed by atoms with van der Waals surface area (Å²) in [6, 6.07) is 3.70. The number of hydrogen-bond donors (Lipinski definition) is 0. The first-order chi connectivity index (χ1) is 12.0. The third-order valence-corrected chi connectivity index (χ3v) is 4.53. The molecule has 4 rings (SSSR count). The van der Waals surface area contributed by atoms with Crippen molar-refractivity contribution in [1.82, 2.24) is 39.4 Å². The predicted molar refractivity (Wildman–Crippen MR) is 90.0 cm³/mol. The number of carbonyl (C=O) groups excluding carboxylic acids is 1. The van der Waals surface area contributed by atoms with Gasteiger partial charge in [0.1, 0.15) is 11.3 Å². The van der Waals surface area contributed by atoms with E-state index >= 15 is 0 Å². The Morgan fingerprint density at radius 3 is 2.96 bits per heavy atom. The fourth-order valence-corrected chi connectivity index (χ4v) is 3.34. The van der Waals surface area contributed by atoms with E-state index in [1.165, 1.54) is 4.63 Å². The maximum atomic E-state index is 13.3. The van der Waals surface area contributed by atoms with Gasteiger partial charge in [0, 0.05) is 19.3 Å². The molecule has 0 saturated carbocycles. The molecule has 9 nitrogen and oxygen atoms in total. The number of rotatable bonds is 3. The fourth-order valence-electron chi connectivity index (χ4n) is 3.34. The lowest BCUT2D eigenvalue weighted by atomic mass is 10.1. The molecule has 25 heavy (non-hydrogen) atoms. The zero-order valence-corrected chi connectivity index (χ0v) is 14.5. The van der Waals surface area contributed by atoms with Gasteiger partial charge in [-0.1, -0.05) is 0 Å². The van der Waals surface area contributed by atoms with Crippen molar-refractivity contribution in [2.75, 3.05) is 20.6 Å². The maximum absolute atomic E-state index is 13.3. The van der Waals surface area contributed by atoms with Gasteiger partial charge in [-0.3, -0.25) is 4.79 Å². The van der Waals surface area contributed by atoms with E-state index in [2.05, 4.69) is 29.9 Å². The van der Waals surface area contributed by atoms with Crippen molar-refractivity contribution in [2.45, 2.75) is 26.1 Å². The van der Waals surface area contributed by atoms with E-state index in [0.29, 0.717) is 24.2 Å². The van der Waals surface area contributed by atoms with Gasteiger partial charge in [-0.15, -0.1) is 10.2 Å². The molecule has 1 atom stereocenters. The molecular weight excluding hydrogens is 320 g/mol. The van der Waals surface area contributed by atoms with Gasteiger partial charge in [-0.05, 0) is 33.2 Å². The highest BCUT2D eigenvalue weighted by molar-refractivity contribution is 6.00. The average Bonchev–Trinajstić information content (AvgIpc) is 3.17. The lowest BCUT2D eigenvalue weighted by Crippen LogP contribution is -2.51. The summed E-state index contributed by atoms with van der Waals surface area (Å²) in [5.74, 6) is 1.64. The average molecular weight is 340 g/mol. The molecule has 0 aromatic carbocycles. The van der Waals surface area contributed by atoms with Crippen molar-refractivity contribution in [2.24, 2.45) is 0 Å². The summed E-state index contributed by atoms with van der Waals surface area (Å²) in [4.78, 5) is 17.2. The number of hydrogen-bond acceptors (Lipinski definition) is 6. The molecule has 0 spiro atoms. The summed E-state index contributed by atoms with van der Waals surface area (Å²) in [7, 11) is 4.02. The van der Waals surface area contributed by atoms with Crippen LogP contribution in [0.1, 0.15) is 22.0 Å². The molecule has 3 aromatic heterocycles. The summed E-state index contributed by atoms with van der Waals surface area (Å²) in [5, 5.41) is 16.7. The molecule has 0 aliphatic carbocycles. The van der Waals surface area contributed by atoms with E-state index in [4.69, 9.17) is 0 Å². The molecule has 130 valence electrons. The Labute approximate surface area is 144 Å². The summed E-state index contributed by atoms with van der Waals surface area (Å²) in [5.41, 5.74) is 1.26. The first kappa shape index (κ1) is 15.7. The standard InChI is InChI=1S/C16H20N8O/c1-11-19-20-15-10-23(12(8-21(2)3)9-22(11)15)16(25)13-7-18-24-14(13)5-4-6-17-24/h4-7,12H,8-10H2,1-3H3. The van der Waals surface area contributed by atoms with Crippen molar-refractivity contribution >= 4 is 11.4 Å². The van der Waals surface area contributed by atoms with Gasteiger partial charge >= 0.3 is 0 Å². The summed E-state index contributed by atoms with van der Waals surface area (Å²) in [6.45, 7) is 3.84. The molecule has 0 bridgehead atoms. The van der Waals surface area contributed by atoms with Gasteiger partial charge < -0.3 is 14.4 Å². The zero-order valence-electron chi connectivity index (χ0n) is 14.5. The zero-order chi connectivity index (χ0) is 17.6. The second-order valence-corrected chi connectivity index (χ2v) is 6.58. The highest BCUT2D eigenvalue weighted by Gasteiger charge is 2.33. The fraction of sp³-hybridized carbons (Fsp3) is 0.438. The van der Waals surface area contributed by atoms with E-state index in [-0.39, 0.29) is 11.9 Å². The molecule has 0 radical (unpaired) electrons. The Bertz CT molecular complexity index is 927. The van der Waals surface area contributed by atoms with Crippen molar-refractivity contribution in [3.05, 3.63) is 41.7 Å². The molecule has 4 heterocycles. The minimum Gasteiger partial charge on any atom is -0.325 e. The van der Waals surface area contributed by atoms with Crippen LogP contribution in [0.4, 0.5) is 0 Å². The van der Waals surface area contributed by atoms with Crippen LogP contribution in [0.15, 0.2) is 24.5 Å². The van der Waals surface area contributed by atoms with E-state index in [9.17, 15) is 4.79 Å². The van der Waals surface area contributed by atoms with Crippen LogP contribution in [-0.2, 0) is 13.1 Å². The number of carbonyl (C=O) groups is 1. The molecule has 1 amide bonds. The third kappa shape index (κ3) is 2.66. The van der Waals surface area contributed by atoms with Crippen LogP contribution in [0.2, 0.25) is 0 Å². The van der Waals surface area contributed by atoms with Crippen LogP contribution in [0.5, 0.6) is 0 Å². The molecular formula is C16H20N8O. The molecule has 1 aliphatic heterocycles. The second kappa shape index (κ2) is 5.92. The minimum absolute atomic E-state index is 0.0383. The van der Waals surface area contributed by atoms with Crippen molar-refractivity contribution in [3.63, 3.8) is 0 Å². The van der Waals surface area contributed by atoms with Gasteiger partial charge in [-0.2, -0.15) is 14.8 Å². The van der Waals surface area contributed by atoms with Gasteiger partial charge in [0.15, 0.2) is 5.82 Å². The summed E-state index contributed by atoms with van der Waals surface area (Å²) < 4.78 is 3.57. The van der Waals surface area contributed by atoms with Crippen LogP contribution in [0.3, 0.4) is 0 Å². The van der Waals surface area contributed by atoms with E-state index in [1.54, 1.807) is 18.5 Å². The Kier molecular flexibility index (Phi) is 3.72. The first-order valence-corrected chi connectivity index (χ1v) is 8.18. The van der Waals surface area contributed by atoms with E-state index < -0.39 is 0 Å². The Hall–Kier alpha value is -2.81. The number of aromatic nitrogens is 6. The SMILES string of the molecule is Cc1nnc2n1CC(CN(C)C)N(C(=O)c1cnn3ncccc13)C2. The molecule has 0 saturated heterocycles. The highest BCUT2D eigenvalue weighted by atomic mass is 16.2. The van der Waals surface area contributed by atoms with Crippen molar-refractivity contribution in [3.8, 4) is 0 Å². The van der Waals surface area contributed by atoms with Gasteiger partial charge in [0.25, 0.3) is 5.91 Å². The quantitative estimate of drug-likeness (QED) is 0.678. The lowest BCUT2D eigenvalue weighted by molar-refractivity contribution is 0.0545. The smallest absolute Gasteiger partial charge is 0.258 e. The van der Waals surface area contributed by atoms with E-state index in [0.717, 1.165) is 18.2 Å². The van der Waals surface area contributed by atoms with Crippen LogP contribution < -0.4 is 0 Å². The van der Waals surface area contributed by atoms with Crippen LogP contribution >= 0.6 is 0 Å². The number of aryl methyl sites for hydroxylation is 1. The molecule has 1 unspecified atom stereocenters. The van der Waals surface area contributed by atoms with Crippen molar-refractivity contribution in [1.29, 1.82) is 0 Å². The number of fused-ring (bicyclic) bond motifs is 2. The third-order valence-electron chi connectivity index (χ3n) is 4.53. The van der Waals surface area contributed by atoms with Crippen LogP contribution in [-0.4, -0.2) is 72.0 Å². The topological polar surface area (TPSA) is 84.5 Å². The first-order valence-electron chi connectivity index (χ1n) is 8.18. The maximum Gasteiger partial charge on any atom is 0.258 e. The normalized spacial score (nSPS) is 17.3. The van der Waals surface area contributed by atoms with Crippen LogP contribution in [0, 0.1) is 6.92 Å². The van der Waals surface area contributed by atoms with Gasteiger partial charge in [-0.25, -0.2) is 0 Å². The Balaban J connectivity index is 1.72. The van der Waals surface area contributed by atoms with E-state index in [1.807, 2.05) is 32.0 Å². The molecule has 1 aliphatic rings. The molecule has 9 heteroatoms. The highest BCUT2D eigenvalue weighted by Crippen LogP contribution is 2.22. The van der Waals surface area contributed by atoms with Crippen molar-refractivity contribution < 1.29 is 4.79 Å². The number of likely N-dealkylation sites (N-methyl/N-ethyl adjacent to an activating group) is 1. The lowest BCUT2D eigenvalue weighted by Gasteiger charge is -2.37. The monoisotopic (exact) mass is 340 g/mol. The van der Waals surface area contributed by atoms with Gasteiger partial charge in [0.05, 0.1) is 24.3 Å². The largest absolute Gasteiger partial charge is 0.325 e. The molecule has 3 aromatic rings.